The maximum absolute atomic E-state index is 12.3. The fourth-order valence-corrected chi connectivity index (χ4v) is 4.88. The van der Waals surface area contributed by atoms with Crippen LogP contribution in [0.15, 0.2) is 46.9 Å². The first-order chi connectivity index (χ1) is 18.0. The lowest BCUT2D eigenvalue weighted by molar-refractivity contribution is -0.141. The summed E-state index contributed by atoms with van der Waals surface area (Å²) in [5, 5.41) is 3.33. The van der Waals surface area contributed by atoms with Gasteiger partial charge in [0.2, 0.25) is 18.2 Å². The number of carbonyl (C=O) groups excluding carboxylic acids is 3. The molecule has 9 nitrogen and oxygen atoms in total. The zero-order chi connectivity index (χ0) is 25.8. The number of rotatable bonds is 9. The van der Waals surface area contributed by atoms with Gasteiger partial charge in [0, 0.05) is 37.0 Å². The molecule has 3 aromatic rings. The van der Waals surface area contributed by atoms with Crippen LogP contribution in [0.4, 0.5) is 0 Å². The molecule has 3 heterocycles. The zero-order valence-electron chi connectivity index (χ0n) is 20.9. The van der Waals surface area contributed by atoms with Crippen LogP contribution in [-0.4, -0.2) is 60.4 Å². The van der Waals surface area contributed by atoms with Gasteiger partial charge in [-0.15, -0.1) is 0 Å². The summed E-state index contributed by atoms with van der Waals surface area (Å²) in [5.41, 5.74) is 3.76. The normalized spacial score (nSPS) is 18.6. The standard InChI is InChI=1S/C28H31N3O6/c1-19-3-2-4-25(23(19)16-31(18-32)24-7-8-27(33)29-28(24)34)36-17-22-14-21-6-5-20(13-26(21)37-22)15-30-9-11-35-12-10-30/h2-6,13-14,18,24H,7-12,15-17H2,1H3,(H,29,33,34). The highest BCUT2D eigenvalue weighted by molar-refractivity contribution is 6.00. The highest BCUT2D eigenvalue weighted by Crippen LogP contribution is 2.28. The molecule has 1 aromatic heterocycles. The number of benzene rings is 2. The maximum atomic E-state index is 12.3. The number of fused-ring (bicyclic) bond motifs is 1. The molecule has 0 bridgehead atoms. The van der Waals surface area contributed by atoms with Crippen molar-refractivity contribution in [3.63, 3.8) is 0 Å². The van der Waals surface area contributed by atoms with Crippen molar-refractivity contribution in [2.75, 3.05) is 26.3 Å². The van der Waals surface area contributed by atoms with E-state index in [1.54, 1.807) is 0 Å². The minimum atomic E-state index is -0.690. The first kappa shape index (κ1) is 25.0. The van der Waals surface area contributed by atoms with Crippen LogP contribution < -0.4 is 10.1 Å². The smallest absolute Gasteiger partial charge is 0.249 e. The number of aryl methyl sites for hydroxylation is 1. The van der Waals surface area contributed by atoms with E-state index < -0.39 is 11.9 Å². The van der Waals surface area contributed by atoms with Crippen LogP contribution in [0.25, 0.3) is 11.0 Å². The van der Waals surface area contributed by atoms with Crippen LogP contribution in [0.5, 0.6) is 5.75 Å². The van der Waals surface area contributed by atoms with Gasteiger partial charge in [-0.3, -0.25) is 24.6 Å². The Morgan fingerprint density at radius 1 is 1.16 bits per heavy atom. The van der Waals surface area contributed by atoms with Crippen LogP contribution in [-0.2, 0) is 38.8 Å². The van der Waals surface area contributed by atoms with Crippen molar-refractivity contribution in [2.45, 2.75) is 45.5 Å². The van der Waals surface area contributed by atoms with E-state index in [0.717, 1.165) is 54.9 Å². The van der Waals surface area contributed by atoms with Crippen LogP contribution in [0.2, 0.25) is 0 Å². The second-order valence-electron chi connectivity index (χ2n) is 9.56. The van der Waals surface area contributed by atoms with Gasteiger partial charge in [0.1, 0.15) is 29.7 Å². The summed E-state index contributed by atoms with van der Waals surface area (Å²) in [4.78, 5) is 39.5. The number of carbonyl (C=O) groups is 3. The van der Waals surface area contributed by atoms with Gasteiger partial charge in [-0.1, -0.05) is 24.3 Å². The average Bonchev–Trinajstić information content (AvgIpc) is 3.30. The third-order valence-corrected chi connectivity index (χ3v) is 6.97. The minimum absolute atomic E-state index is 0.197. The van der Waals surface area contributed by atoms with Gasteiger partial charge in [-0.05, 0) is 42.7 Å². The highest BCUT2D eigenvalue weighted by Gasteiger charge is 2.31. The maximum Gasteiger partial charge on any atom is 0.249 e. The Labute approximate surface area is 215 Å². The molecule has 1 N–H and O–H groups in total. The molecule has 0 saturated carbocycles. The van der Waals surface area contributed by atoms with E-state index in [0.29, 0.717) is 24.3 Å². The number of piperidine rings is 1. The third-order valence-electron chi connectivity index (χ3n) is 6.97. The van der Waals surface area contributed by atoms with Crippen molar-refractivity contribution in [3.05, 3.63) is 64.9 Å². The molecule has 3 amide bonds. The summed E-state index contributed by atoms with van der Waals surface area (Å²) in [5.74, 6) is 0.553. The van der Waals surface area contributed by atoms with E-state index in [1.165, 1.54) is 10.5 Å². The van der Waals surface area contributed by atoms with E-state index >= 15 is 0 Å². The molecule has 0 aliphatic carbocycles. The molecule has 2 aromatic carbocycles. The minimum Gasteiger partial charge on any atom is -0.485 e. The van der Waals surface area contributed by atoms with Crippen molar-refractivity contribution in [1.82, 2.24) is 15.1 Å². The number of nitrogens with one attached hydrogen (secondary N) is 1. The summed E-state index contributed by atoms with van der Waals surface area (Å²) in [6, 6.07) is 13.2. The Bertz CT molecular complexity index is 1300. The Hall–Kier alpha value is -3.69. The van der Waals surface area contributed by atoms with Gasteiger partial charge >= 0.3 is 0 Å². The zero-order valence-corrected chi connectivity index (χ0v) is 20.9. The third kappa shape index (κ3) is 5.84. The summed E-state index contributed by atoms with van der Waals surface area (Å²) in [6.07, 6.45) is 1.17. The lowest BCUT2D eigenvalue weighted by Gasteiger charge is -2.30. The van der Waals surface area contributed by atoms with Crippen LogP contribution in [0.3, 0.4) is 0 Å². The fourth-order valence-electron chi connectivity index (χ4n) is 4.88. The number of morpholine rings is 1. The second kappa shape index (κ2) is 11.1. The summed E-state index contributed by atoms with van der Waals surface area (Å²) in [7, 11) is 0. The van der Waals surface area contributed by atoms with E-state index in [1.807, 2.05) is 31.2 Å². The number of hydrogen-bond acceptors (Lipinski definition) is 7. The fraction of sp³-hybridized carbons (Fsp3) is 0.393. The Balaban J connectivity index is 1.28. The van der Waals surface area contributed by atoms with Gasteiger partial charge in [-0.25, -0.2) is 0 Å². The van der Waals surface area contributed by atoms with Gasteiger partial charge in [-0.2, -0.15) is 0 Å². The number of ether oxygens (including phenoxy) is 2. The predicted molar refractivity (Wildman–Crippen MR) is 136 cm³/mol. The average molecular weight is 506 g/mol. The molecule has 2 fully saturated rings. The lowest BCUT2D eigenvalue weighted by Crippen LogP contribution is -2.51. The molecule has 2 aliphatic rings. The highest BCUT2D eigenvalue weighted by atomic mass is 16.5. The Morgan fingerprint density at radius 2 is 2.00 bits per heavy atom. The lowest BCUT2D eigenvalue weighted by atomic mass is 10.0. The molecule has 2 saturated heterocycles. The topological polar surface area (TPSA) is 101 Å². The molecule has 194 valence electrons. The van der Waals surface area contributed by atoms with E-state index in [9.17, 15) is 14.4 Å². The Morgan fingerprint density at radius 3 is 2.78 bits per heavy atom. The number of imide groups is 1. The van der Waals surface area contributed by atoms with Crippen LogP contribution >= 0.6 is 0 Å². The summed E-state index contributed by atoms with van der Waals surface area (Å²) < 4.78 is 17.7. The molecular formula is C28H31N3O6. The van der Waals surface area contributed by atoms with Gasteiger partial charge in [0.25, 0.3) is 0 Å². The van der Waals surface area contributed by atoms with Crippen molar-refractivity contribution in [2.24, 2.45) is 0 Å². The molecule has 2 aliphatic heterocycles. The Kier molecular flexibility index (Phi) is 7.52. The monoisotopic (exact) mass is 505 g/mol. The number of amides is 3. The first-order valence-corrected chi connectivity index (χ1v) is 12.6. The molecule has 0 spiro atoms. The van der Waals surface area contributed by atoms with E-state index in [2.05, 4.69) is 28.4 Å². The quantitative estimate of drug-likeness (QED) is 0.353. The summed E-state index contributed by atoms with van der Waals surface area (Å²) in [6.45, 7) is 6.61. The van der Waals surface area contributed by atoms with Crippen LogP contribution in [0.1, 0.15) is 35.3 Å². The van der Waals surface area contributed by atoms with E-state index in [4.69, 9.17) is 13.9 Å². The molecular weight excluding hydrogens is 474 g/mol. The van der Waals surface area contributed by atoms with E-state index in [-0.39, 0.29) is 25.5 Å². The molecule has 5 rings (SSSR count). The SMILES string of the molecule is Cc1cccc(OCc2cc3ccc(CN4CCOCC4)cc3o2)c1CN(C=O)C1CCC(=O)NC1=O. The van der Waals surface area contributed by atoms with Crippen molar-refractivity contribution in [1.29, 1.82) is 0 Å². The van der Waals surface area contributed by atoms with Crippen molar-refractivity contribution in [3.8, 4) is 5.75 Å². The van der Waals surface area contributed by atoms with Crippen molar-refractivity contribution >= 4 is 29.2 Å². The van der Waals surface area contributed by atoms with Gasteiger partial charge in [0.15, 0.2) is 0 Å². The van der Waals surface area contributed by atoms with Gasteiger partial charge in [0.05, 0.1) is 19.8 Å². The number of nitrogens with zero attached hydrogens (tertiary/aromatic N) is 2. The van der Waals surface area contributed by atoms with Gasteiger partial charge < -0.3 is 18.8 Å². The molecule has 0 radical (unpaired) electrons. The molecule has 1 atom stereocenters. The number of hydrogen-bond donors (Lipinski definition) is 1. The second-order valence-corrected chi connectivity index (χ2v) is 9.56. The van der Waals surface area contributed by atoms with Crippen LogP contribution in [0, 0.1) is 6.92 Å². The molecule has 1 unspecified atom stereocenters. The number of furan rings is 1. The first-order valence-electron chi connectivity index (χ1n) is 12.6. The molecule has 37 heavy (non-hydrogen) atoms. The largest absolute Gasteiger partial charge is 0.485 e. The predicted octanol–water partition coefficient (Wildman–Crippen LogP) is 2.92. The molecule has 9 heteroatoms. The van der Waals surface area contributed by atoms with Crippen molar-refractivity contribution < 1.29 is 28.3 Å². The summed E-state index contributed by atoms with van der Waals surface area (Å²) >= 11 is 0.